The third-order valence-electron chi connectivity index (χ3n) is 5.99. The third kappa shape index (κ3) is 8.27. The van der Waals surface area contributed by atoms with E-state index in [1.54, 1.807) is 25.1 Å². The van der Waals surface area contributed by atoms with Crippen LogP contribution in [0.3, 0.4) is 0 Å². The number of ether oxygens (including phenoxy) is 2. The van der Waals surface area contributed by atoms with Crippen molar-refractivity contribution in [1.82, 2.24) is 5.32 Å². The molecule has 0 radical (unpaired) electrons. The molecule has 0 aromatic heterocycles. The molecule has 3 N–H and O–H groups in total. The SMILES string of the molecule is Cc1ccc(CC(C)(C)NC[C@@H](O)COC(C)c2ccccc2Oc2ccc(C(=O)O)cc2Cl)cc1F. The zero-order valence-corrected chi connectivity index (χ0v) is 22.2. The van der Waals surface area contributed by atoms with Crippen molar-refractivity contribution in [3.8, 4) is 11.5 Å². The average Bonchev–Trinajstić information content (AvgIpc) is 2.85. The highest BCUT2D eigenvalue weighted by Crippen LogP contribution is 2.35. The first-order valence-electron chi connectivity index (χ1n) is 12.0. The monoisotopic (exact) mass is 529 g/mol. The largest absolute Gasteiger partial charge is 0.478 e. The van der Waals surface area contributed by atoms with Gasteiger partial charge in [0.15, 0.2) is 0 Å². The fourth-order valence-electron chi connectivity index (χ4n) is 3.86. The number of carbonyl (C=O) groups is 1. The number of β-amino-alcohol motifs (C(OH)–C–C–N with tert-alkyl or cyclic N) is 1. The number of hydrogen-bond donors (Lipinski definition) is 3. The molecule has 6 nitrogen and oxygen atoms in total. The highest BCUT2D eigenvalue weighted by molar-refractivity contribution is 6.32. The van der Waals surface area contributed by atoms with E-state index in [9.17, 15) is 14.3 Å². The summed E-state index contributed by atoms with van der Waals surface area (Å²) in [5.41, 5.74) is 1.96. The number of carboxylic acids is 1. The maximum Gasteiger partial charge on any atom is 0.335 e. The molecule has 0 saturated carbocycles. The average molecular weight is 530 g/mol. The summed E-state index contributed by atoms with van der Waals surface area (Å²) in [4.78, 5) is 11.1. The molecule has 3 aromatic carbocycles. The molecule has 3 rings (SSSR count). The van der Waals surface area contributed by atoms with Gasteiger partial charge in [0.1, 0.15) is 17.3 Å². The molecule has 0 aliphatic carbocycles. The van der Waals surface area contributed by atoms with Gasteiger partial charge >= 0.3 is 5.97 Å². The minimum atomic E-state index is -1.07. The zero-order chi connectivity index (χ0) is 27.2. The van der Waals surface area contributed by atoms with E-state index in [1.807, 2.05) is 45.0 Å². The quantitative estimate of drug-likeness (QED) is 0.254. The van der Waals surface area contributed by atoms with Gasteiger partial charge in [0.2, 0.25) is 0 Å². The summed E-state index contributed by atoms with van der Waals surface area (Å²) in [6.07, 6.45) is -0.552. The highest BCUT2D eigenvalue weighted by Gasteiger charge is 2.21. The number of para-hydroxylation sites is 1. The fraction of sp³-hybridized carbons (Fsp3) is 0.345. The first kappa shape index (κ1) is 28.6. The normalized spacial score (nSPS) is 13.3. The van der Waals surface area contributed by atoms with Gasteiger partial charge in [0.05, 0.1) is 29.4 Å². The number of aliphatic hydroxyl groups is 1. The van der Waals surface area contributed by atoms with Crippen LogP contribution in [0, 0.1) is 12.7 Å². The van der Waals surface area contributed by atoms with Crippen LogP contribution in [-0.4, -0.2) is 41.0 Å². The Kier molecular flexibility index (Phi) is 9.68. The predicted molar refractivity (Wildman–Crippen MR) is 142 cm³/mol. The molecule has 8 heteroatoms. The number of carboxylic acid groups (broad SMARTS) is 1. The second-order valence-corrected chi connectivity index (χ2v) is 10.2. The molecule has 0 saturated heterocycles. The lowest BCUT2D eigenvalue weighted by atomic mass is 9.94. The summed E-state index contributed by atoms with van der Waals surface area (Å²) in [5.74, 6) is -0.457. The number of rotatable bonds is 12. The number of hydrogen-bond acceptors (Lipinski definition) is 5. The molecule has 37 heavy (non-hydrogen) atoms. The zero-order valence-electron chi connectivity index (χ0n) is 21.4. The van der Waals surface area contributed by atoms with Crippen LogP contribution < -0.4 is 10.1 Å². The standard InChI is InChI=1S/C29H33ClFNO5/c1-18-9-10-20(13-25(18)31)15-29(3,4)32-16-22(33)17-36-19(2)23-7-5-6-8-26(23)37-27-12-11-21(28(34)35)14-24(27)30/h5-14,19,22,32-33H,15-17H2,1-4H3,(H,34,35)/t19?,22-/m1/s1. The van der Waals surface area contributed by atoms with Gasteiger partial charge in [-0.25, -0.2) is 9.18 Å². The van der Waals surface area contributed by atoms with Gasteiger partial charge in [0.25, 0.3) is 0 Å². The number of nitrogens with one attached hydrogen (secondary N) is 1. The Morgan fingerprint density at radius 3 is 2.51 bits per heavy atom. The van der Waals surface area contributed by atoms with Crippen molar-refractivity contribution in [1.29, 1.82) is 0 Å². The second-order valence-electron chi connectivity index (χ2n) is 9.74. The van der Waals surface area contributed by atoms with E-state index in [0.29, 0.717) is 30.0 Å². The molecular formula is C29H33ClFNO5. The lowest BCUT2D eigenvalue weighted by Crippen LogP contribution is -2.46. The first-order valence-corrected chi connectivity index (χ1v) is 12.4. The number of halogens is 2. The van der Waals surface area contributed by atoms with Crippen LogP contribution in [0.1, 0.15) is 53.9 Å². The van der Waals surface area contributed by atoms with E-state index in [-0.39, 0.29) is 28.5 Å². The summed E-state index contributed by atoms with van der Waals surface area (Å²) in [6.45, 7) is 7.99. The van der Waals surface area contributed by atoms with Crippen LogP contribution in [0.25, 0.3) is 0 Å². The van der Waals surface area contributed by atoms with Gasteiger partial charge in [-0.3, -0.25) is 0 Å². The number of aromatic carboxylic acids is 1. The van der Waals surface area contributed by atoms with Crippen molar-refractivity contribution in [2.75, 3.05) is 13.2 Å². The van der Waals surface area contributed by atoms with Gasteiger partial charge in [0, 0.05) is 17.6 Å². The predicted octanol–water partition coefficient (Wildman–Crippen LogP) is 6.33. The van der Waals surface area contributed by atoms with E-state index in [2.05, 4.69) is 5.32 Å². The molecule has 0 aliphatic heterocycles. The number of aliphatic hydroxyl groups excluding tert-OH is 1. The van der Waals surface area contributed by atoms with Crippen molar-refractivity contribution in [3.05, 3.63) is 93.8 Å². The Morgan fingerprint density at radius 1 is 1.11 bits per heavy atom. The van der Waals surface area contributed by atoms with Gasteiger partial charge in [-0.05, 0) is 75.6 Å². The number of aryl methyl sites for hydroxylation is 1. The van der Waals surface area contributed by atoms with Gasteiger partial charge in [-0.1, -0.05) is 41.9 Å². The number of benzene rings is 3. The summed E-state index contributed by atoms with van der Waals surface area (Å²) >= 11 is 6.22. The van der Waals surface area contributed by atoms with E-state index < -0.39 is 18.2 Å². The molecule has 0 fully saturated rings. The summed E-state index contributed by atoms with van der Waals surface area (Å²) in [5, 5.41) is 23.2. The van der Waals surface area contributed by atoms with Crippen LogP contribution in [-0.2, 0) is 11.2 Å². The van der Waals surface area contributed by atoms with Crippen LogP contribution >= 0.6 is 11.6 Å². The van der Waals surface area contributed by atoms with E-state index in [0.717, 1.165) is 11.1 Å². The van der Waals surface area contributed by atoms with Gasteiger partial charge in [-0.2, -0.15) is 0 Å². The Balaban J connectivity index is 1.55. The first-order chi connectivity index (χ1) is 17.4. The van der Waals surface area contributed by atoms with Crippen molar-refractivity contribution >= 4 is 17.6 Å². The Labute approximate surface area is 222 Å². The van der Waals surface area contributed by atoms with Crippen molar-refractivity contribution in [2.45, 2.75) is 51.9 Å². The lowest BCUT2D eigenvalue weighted by Gasteiger charge is -2.28. The molecule has 198 valence electrons. The van der Waals surface area contributed by atoms with E-state index >= 15 is 0 Å². The molecular weight excluding hydrogens is 497 g/mol. The summed E-state index contributed by atoms with van der Waals surface area (Å²) in [7, 11) is 0. The van der Waals surface area contributed by atoms with Crippen LogP contribution in [0.5, 0.6) is 11.5 Å². The Morgan fingerprint density at radius 2 is 1.84 bits per heavy atom. The van der Waals surface area contributed by atoms with Crippen molar-refractivity contribution in [3.63, 3.8) is 0 Å². The Bertz CT molecular complexity index is 1230. The van der Waals surface area contributed by atoms with Crippen LogP contribution in [0.4, 0.5) is 4.39 Å². The minimum Gasteiger partial charge on any atom is -0.478 e. The lowest BCUT2D eigenvalue weighted by molar-refractivity contribution is -0.00481. The minimum absolute atomic E-state index is 0.0686. The third-order valence-corrected chi connectivity index (χ3v) is 6.29. The van der Waals surface area contributed by atoms with E-state index in [1.165, 1.54) is 18.2 Å². The summed E-state index contributed by atoms with van der Waals surface area (Å²) < 4.78 is 25.8. The molecule has 3 aromatic rings. The van der Waals surface area contributed by atoms with E-state index in [4.69, 9.17) is 26.2 Å². The maximum absolute atomic E-state index is 13.9. The maximum atomic E-state index is 13.9. The molecule has 2 atom stereocenters. The molecule has 0 aliphatic rings. The molecule has 0 amide bonds. The smallest absolute Gasteiger partial charge is 0.335 e. The molecule has 0 bridgehead atoms. The van der Waals surface area contributed by atoms with Crippen molar-refractivity contribution < 1.29 is 28.9 Å². The second kappa shape index (κ2) is 12.5. The van der Waals surface area contributed by atoms with Crippen molar-refractivity contribution in [2.24, 2.45) is 0 Å². The summed E-state index contributed by atoms with van der Waals surface area (Å²) in [6, 6.07) is 16.8. The topological polar surface area (TPSA) is 88.0 Å². The van der Waals surface area contributed by atoms with Crippen LogP contribution in [0.2, 0.25) is 5.02 Å². The molecule has 0 heterocycles. The fourth-order valence-corrected chi connectivity index (χ4v) is 4.08. The molecule has 1 unspecified atom stereocenters. The molecule has 0 spiro atoms. The van der Waals surface area contributed by atoms with Gasteiger partial charge < -0.3 is 25.0 Å². The van der Waals surface area contributed by atoms with Crippen LogP contribution in [0.15, 0.2) is 60.7 Å². The highest BCUT2D eigenvalue weighted by atomic mass is 35.5. The Hall–Kier alpha value is -2.97. The van der Waals surface area contributed by atoms with Gasteiger partial charge in [-0.15, -0.1) is 0 Å².